The van der Waals surface area contributed by atoms with E-state index in [1.165, 1.54) is 0 Å². The van der Waals surface area contributed by atoms with Gasteiger partial charge in [-0.3, -0.25) is 14.5 Å². The van der Waals surface area contributed by atoms with Crippen LogP contribution in [0, 0.1) is 11.3 Å². The van der Waals surface area contributed by atoms with E-state index >= 15 is 0 Å². The molecule has 3 heterocycles. The topological polar surface area (TPSA) is 133 Å². The molecule has 0 amide bonds. The Morgan fingerprint density at radius 2 is 1.66 bits per heavy atom. The first kappa shape index (κ1) is 51.2. The zero-order valence-corrected chi connectivity index (χ0v) is 38.4. The third kappa shape index (κ3) is 17.6. The van der Waals surface area contributed by atoms with Gasteiger partial charge < -0.3 is 47.4 Å². The molecule has 59 heavy (non-hydrogen) atoms. The number of hydrogen-bond donors (Lipinski definition) is 0. The third-order valence-corrected chi connectivity index (χ3v) is 11.4. The van der Waals surface area contributed by atoms with E-state index in [0.29, 0.717) is 65.4 Å². The molecule has 13 heteroatoms. The molecule has 3 rings (SSSR count). The molecule has 11 atom stereocenters. The second-order valence-electron chi connectivity index (χ2n) is 16.9. The Morgan fingerprint density at radius 1 is 1.00 bits per heavy atom. The average Bonchev–Trinajstić information content (AvgIpc) is 3.95. The van der Waals surface area contributed by atoms with Gasteiger partial charge in [0.25, 0.3) is 0 Å². The summed E-state index contributed by atoms with van der Waals surface area (Å²) in [4.78, 5) is 29.1. The number of nitrogens with zero attached hydrogens (tertiary/aromatic N) is 1. The molecule has 2 saturated heterocycles. The molecule has 0 aromatic rings. The number of cyclic esters (lactones) is 1. The van der Waals surface area contributed by atoms with Crippen molar-refractivity contribution in [3.8, 4) is 0 Å². The Balaban J connectivity index is 1.82. The summed E-state index contributed by atoms with van der Waals surface area (Å²) in [7, 11) is 0. The predicted octanol–water partition coefficient (Wildman–Crippen LogP) is 7.70. The summed E-state index contributed by atoms with van der Waals surface area (Å²) in [5, 5.41) is 0. The van der Waals surface area contributed by atoms with E-state index < -0.39 is 36.5 Å². The van der Waals surface area contributed by atoms with Crippen LogP contribution in [0.15, 0.2) is 36.0 Å². The summed E-state index contributed by atoms with van der Waals surface area (Å²) in [5.41, 5.74) is -0.302. The lowest BCUT2D eigenvalue weighted by Crippen LogP contribution is -2.48. The average molecular weight is 838 g/mol. The van der Waals surface area contributed by atoms with E-state index in [-0.39, 0.29) is 60.8 Å². The van der Waals surface area contributed by atoms with E-state index in [4.69, 9.17) is 47.4 Å². The van der Waals surface area contributed by atoms with Crippen molar-refractivity contribution in [2.45, 2.75) is 183 Å². The van der Waals surface area contributed by atoms with Crippen LogP contribution in [0.25, 0.3) is 0 Å². The fourth-order valence-electron chi connectivity index (χ4n) is 8.07. The van der Waals surface area contributed by atoms with E-state index in [1.807, 2.05) is 84.6 Å². The quantitative estimate of drug-likeness (QED) is 0.0328. The van der Waals surface area contributed by atoms with Crippen LogP contribution >= 0.6 is 0 Å². The Kier molecular flexibility index (Phi) is 22.3. The number of allylic oxidation sites excluding steroid dienone is 3. The minimum Gasteiger partial charge on any atom is -0.457 e. The first-order chi connectivity index (χ1) is 28.0. The number of ether oxygens (including phenoxy) is 10. The van der Waals surface area contributed by atoms with Gasteiger partial charge in [-0.15, -0.1) is 0 Å². The minimum absolute atomic E-state index is 0.0176. The van der Waals surface area contributed by atoms with Crippen molar-refractivity contribution in [3.05, 3.63) is 36.0 Å². The minimum atomic E-state index is -1.02. The Labute approximate surface area is 355 Å². The summed E-state index contributed by atoms with van der Waals surface area (Å²) in [6.45, 7) is 28.2. The molecule has 3 aliphatic rings. The standard InChI is InChI=1S/C46H79NO12/c1-13-40(55-35(8)52-15-3)45(10,11)44-39(57-44)29-32(5)19-17-20-33(6)38-21-18-22-41(58-43(49)31-47-25-27-50-28-26-47)46(12,59-36(9)53-16-4)24-23-37(30-42(48)56-38)54-34(7)51-14-2/h17-20,22,32,34-41,44H,13-16,21,23-31H2,1-12H3/b19-17?,22-18+,33-20?. The van der Waals surface area contributed by atoms with Gasteiger partial charge in [0.15, 0.2) is 18.9 Å². The highest BCUT2D eigenvalue weighted by atomic mass is 16.7. The summed E-state index contributed by atoms with van der Waals surface area (Å²) < 4.78 is 60.4. The van der Waals surface area contributed by atoms with Gasteiger partial charge in [-0.1, -0.05) is 52.0 Å². The molecule has 13 nitrogen and oxygen atoms in total. The van der Waals surface area contributed by atoms with Crippen molar-refractivity contribution >= 4 is 11.9 Å². The van der Waals surface area contributed by atoms with E-state index in [2.05, 4.69) is 33.8 Å². The molecule has 0 bridgehead atoms. The highest BCUT2D eigenvalue weighted by Crippen LogP contribution is 2.45. The van der Waals surface area contributed by atoms with Crippen molar-refractivity contribution in [3.63, 3.8) is 0 Å². The lowest BCUT2D eigenvalue weighted by Gasteiger charge is -2.39. The first-order valence-corrected chi connectivity index (χ1v) is 22.2. The Hall–Kier alpha value is -2.20. The van der Waals surface area contributed by atoms with E-state index in [9.17, 15) is 9.59 Å². The number of carbonyl (C=O) groups is 2. The fourth-order valence-corrected chi connectivity index (χ4v) is 8.07. The summed E-state index contributed by atoms with van der Waals surface area (Å²) in [6, 6.07) is 0. The second kappa shape index (κ2) is 25.7. The van der Waals surface area contributed by atoms with Crippen LogP contribution in [0.4, 0.5) is 0 Å². The summed E-state index contributed by atoms with van der Waals surface area (Å²) in [5.74, 6) is -0.474. The van der Waals surface area contributed by atoms with Gasteiger partial charge in [0.2, 0.25) is 0 Å². The number of rotatable bonds is 23. The maximum Gasteiger partial charge on any atom is 0.320 e. The zero-order chi connectivity index (χ0) is 43.6. The van der Waals surface area contributed by atoms with Gasteiger partial charge in [-0.2, -0.15) is 0 Å². The molecule has 11 unspecified atom stereocenters. The zero-order valence-electron chi connectivity index (χ0n) is 38.4. The molecule has 0 radical (unpaired) electrons. The second-order valence-corrected chi connectivity index (χ2v) is 16.9. The molecule has 0 spiro atoms. The molecular weight excluding hydrogens is 759 g/mol. The van der Waals surface area contributed by atoms with Gasteiger partial charge in [0.05, 0.1) is 50.6 Å². The van der Waals surface area contributed by atoms with Crippen molar-refractivity contribution < 1.29 is 57.0 Å². The van der Waals surface area contributed by atoms with E-state index in [0.717, 1.165) is 18.4 Å². The van der Waals surface area contributed by atoms with Crippen LogP contribution < -0.4 is 0 Å². The van der Waals surface area contributed by atoms with Crippen molar-refractivity contribution in [1.29, 1.82) is 0 Å². The number of hydrogen-bond acceptors (Lipinski definition) is 13. The van der Waals surface area contributed by atoms with Crippen LogP contribution in [-0.4, -0.2) is 131 Å². The fraction of sp³-hybridized carbons (Fsp3) is 0.826. The largest absolute Gasteiger partial charge is 0.457 e. The van der Waals surface area contributed by atoms with Gasteiger partial charge >= 0.3 is 11.9 Å². The molecular formula is C46H79NO12. The number of epoxide rings is 1. The normalized spacial score (nSPS) is 29.7. The Morgan fingerprint density at radius 3 is 2.32 bits per heavy atom. The van der Waals surface area contributed by atoms with Crippen LogP contribution in [0.5, 0.6) is 0 Å². The SMILES string of the molecule is CCOC(C)OC1CCC(C)(OC(C)OCC)C(OC(=O)CN2CCOCC2)/C=C/CC(C(C)=CC=CC(C)CC2OC2C(C)(C)C(CC)OC(C)OCC)OC(=O)C1. The van der Waals surface area contributed by atoms with Crippen LogP contribution in [-0.2, 0) is 57.0 Å². The molecule has 0 aromatic carbocycles. The molecule has 3 aliphatic heterocycles. The molecule has 0 saturated carbocycles. The molecule has 340 valence electrons. The molecule has 2 fully saturated rings. The Bertz CT molecular complexity index is 1330. The third-order valence-electron chi connectivity index (χ3n) is 11.4. The number of carbonyl (C=O) groups excluding carboxylic acids is 2. The van der Waals surface area contributed by atoms with Crippen LogP contribution in [0.2, 0.25) is 0 Å². The monoisotopic (exact) mass is 838 g/mol. The highest BCUT2D eigenvalue weighted by molar-refractivity contribution is 5.72. The molecule has 0 aromatic heterocycles. The number of morpholine rings is 1. The van der Waals surface area contributed by atoms with Crippen LogP contribution in [0.1, 0.15) is 122 Å². The van der Waals surface area contributed by atoms with Gasteiger partial charge in [0, 0.05) is 44.7 Å². The lowest BCUT2D eigenvalue weighted by molar-refractivity contribution is -0.230. The van der Waals surface area contributed by atoms with Crippen molar-refractivity contribution in [2.75, 3.05) is 52.7 Å². The summed E-state index contributed by atoms with van der Waals surface area (Å²) in [6.07, 6.45) is 9.94. The predicted molar refractivity (Wildman–Crippen MR) is 227 cm³/mol. The van der Waals surface area contributed by atoms with Gasteiger partial charge in [-0.25, -0.2) is 0 Å². The van der Waals surface area contributed by atoms with Crippen molar-refractivity contribution in [2.24, 2.45) is 11.3 Å². The maximum atomic E-state index is 13.6. The van der Waals surface area contributed by atoms with Gasteiger partial charge in [-0.05, 0) is 98.6 Å². The lowest BCUT2D eigenvalue weighted by atomic mass is 9.79. The van der Waals surface area contributed by atoms with Crippen molar-refractivity contribution in [1.82, 2.24) is 4.90 Å². The number of esters is 2. The molecule has 0 aliphatic carbocycles. The molecule has 0 N–H and O–H groups in total. The summed E-state index contributed by atoms with van der Waals surface area (Å²) >= 11 is 0. The van der Waals surface area contributed by atoms with Crippen LogP contribution in [0.3, 0.4) is 0 Å². The maximum absolute atomic E-state index is 13.6. The first-order valence-electron chi connectivity index (χ1n) is 22.2. The van der Waals surface area contributed by atoms with E-state index in [1.54, 1.807) is 0 Å². The van der Waals surface area contributed by atoms with Gasteiger partial charge in [0.1, 0.15) is 17.8 Å². The highest BCUT2D eigenvalue weighted by Gasteiger charge is 2.53. The smallest absolute Gasteiger partial charge is 0.320 e.